The van der Waals surface area contributed by atoms with Crippen molar-refractivity contribution in [3.63, 3.8) is 0 Å². The number of carboxylic acid groups (broad SMARTS) is 1. The number of amides is 1. The Morgan fingerprint density at radius 3 is 2.25 bits per heavy atom. The predicted octanol–water partition coefficient (Wildman–Crippen LogP) is 7.89. The summed E-state index contributed by atoms with van der Waals surface area (Å²) in [7, 11) is 0. The number of rotatable bonds is 10. The van der Waals surface area contributed by atoms with E-state index in [-0.39, 0.29) is 24.1 Å². The van der Waals surface area contributed by atoms with Gasteiger partial charge < -0.3 is 10.4 Å². The van der Waals surface area contributed by atoms with Crippen LogP contribution in [0, 0.1) is 13.8 Å². The van der Waals surface area contributed by atoms with Crippen LogP contribution in [-0.4, -0.2) is 23.5 Å². The van der Waals surface area contributed by atoms with Crippen molar-refractivity contribution in [3.05, 3.63) is 75.0 Å². The average molecular weight is 536 g/mol. The van der Waals surface area contributed by atoms with Crippen LogP contribution < -0.4 is 5.32 Å². The maximum absolute atomic E-state index is 12.9. The summed E-state index contributed by atoms with van der Waals surface area (Å²) in [5.41, 5.74) is 2.98. The Kier molecular flexibility index (Phi) is 9.24. The molecule has 9 heteroatoms. The Morgan fingerprint density at radius 2 is 1.69 bits per heavy atom. The first-order valence-corrected chi connectivity index (χ1v) is 13.2. The van der Waals surface area contributed by atoms with E-state index in [9.17, 15) is 22.8 Å². The molecule has 1 aromatic heterocycles. The van der Waals surface area contributed by atoms with Crippen LogP contribution in [0.15, 0.2) is 53.4 Å². The highest BCUT2D eigenvalue weighted by Crippen LogP contribution is 2.43. The first kappa shape index (κ1) is 27.8. The molecule has 0 spiro atoms. The summed E-state index contributed by atoms with van der Waals surface area (Å²) < 4.78 is 38.8. The first-order valence-electron chi connectivity index (χ1n) is 11.5. The minimum atomic E-state index is -4.36. The van der Waals surface area contributed by atoms with Crippen molar-refractivity contribution in [2.75, 3.05) is 6.54 Å². The van der Waals surface area contributed by atoms with Gasteiger partial charge in [0.25, 0.3) is 5.91 Å². The van der Waals surface area contributed by atoms with Crippen molar-refractivity contribution in [3.8, 4) is 11.1 Å². The van der Waals surface area contributed by atoms with Crippen LogP contribution in [0.25, 0.3) is 11.1 Å². The lowest BCUT2D eigenvalue weighted by Crippen LogP contribution is -2.25. The van der Waals surface area contributed by atoms with Crippen LogP contribution in [0.5, 0.6) is 0 Å². The summed E-state index contributed by atoms with van der Waals surface area (Å²) in [6, 6.07) is 13.1. The number of hydrogen-bond acceptors (Lipinski definition) is 4. The van der Waals surface area contributed by atoms with Gasteiger partial charge in [0.15, 0.2) is 0 Å². The lowest BCUT2D eigenvalue weighted by molar-refractivity contribution is -0.138. The Bertz CT molecular complexity index is 1200. The van der Waals surface area contributed by atoms with Crippen molar-refractivity contribution in [2.24, 2.45) is 0 Å². The number of halogens is 3. The van der Waals surface area contributed by atoms with Gasteiger partial charge in [-0.1, -0.05) is 25.5 Å². The quantitative estimate of drug-likeness (QED) is 0.259. The van der Waals surface area contributed by atoms with Crippen LogP contribution in [0.3, 0.4) is 0 Å². The van der Waals surface area contributed by atoms with Gasteiger partial charge in [-0.2, -0.15) is 13.2 Å². The number of alkyl halides is 3. The monoisotopic (exact) mass is 535 g/mol. The molecule has 0 radical (unpaired) electrons. The zero-order chi connectivity index (χ0) is 26.5. The Hall–Kier alpha value is -2.78. The molecule has 1 unspecified atom stereocenters. The number of benzene rings is 2. The van der Waals surface area contributed by atoms with E-state index in [4.69, 9.17) is 5.11 Å². The van der Waals surface area contributed by atoms with Crippen LogP contribution >= 0.6 is 23.1 Å². The van der Waals surface area contributed by atoms with Gasteiger partial charge in [-0.25, -0.2) is 0 Å². The number of thiophene rings is 1. The minimum absolute atomic E-state index is 0.0817. The van der Waals surface area contributed by atoms with Crippen molar-refractivity contribution < 1.29 is 27.9 Å². The molecule has 3 rings (SSSR count). The van der Waals surface area contributed by atoms with E-state index in [1.807, 2.05) is 19.9 Å². The summed E-state index contributed by atoms with van der Waals surface area (Å²) in [6.07, 6.45) is -2.63. The molecule has 0 saturated heterocycles. The maximum Gasteiger partial charge on any atom is 0.416 e. The molecular formula is C27H28F3NO3S2. The third-order valence-electron chi connectivity index (χ3n) is 5.63. The summed E-state index contributed by atoms with van der Waals surface area (Å²) in [6.45, 7) is 6.11. The van der Waals surface area contributed by atoms with Gasteiger partial charge in [0.2, 0.25) is 0 Å². The number of hydrogen-bond donors (Lipinski definition) is 2. The highest BCUT2D eigenvalue weighted by atomic mass is 32.2. The Labute approximate surface area is 216 Å². The first-order chi connectivity index (χ1) is 17.0. The van der Waals surface area contributed by atoms with Crippen LogP contribution in [-0.2, 0) is 11.0 Å². The summed E-state index contributed by atoms with van der Waals surface area (Å²) in [5, 5.41) is 11.5. The molecular weight excluding hydrogens is 507 g/mol. The molecule has 0 bridgehead atoms. The van der Waals surface area contributed by atoms with Gasteiger partial charge in [-0.15, -0.1) is 23.1 Å². The van der Waals surface area contributed by atoms with Gasteiger partial charge in [0, 0.05) is 21.6 Å². The molecule has 1 heterocycles. The van der Waals surface area contributed by atoms with Crippen LogP contribution in [0.2, 0.25) is 0 Å². The Balaban J connectivity index is 1.78. The molecule has 2 aromatic carbocycles. The highest BCUT2D eigenvalue weighted by molar-refractivity contribution is 7.99. The third-order valence-corrected chi connectivity index (χ3v) is 8.26. The van der Waals surface area contributed by atoms with E-state index in [1.54, 1.807) is 17.8 Å². The van der Waals surface area contributed by atoms with Crippen molar-refractivity contribution >= 4 is 35.0 Å². The number of thioether (sulfide) groups is 1. The normalized spacial score (nSPS) is 12.4. The molecule has 4 nitrogen and oxygen atoms in total. The number of carbonyl (C=O) groups is 2. The number of aryl methyl sites for hydroxylation is 2. The van der Waals surface area contributed by atoms with Gasteiger partial charge in [0.05, 0.1) is 16.9 Å². The molecule has 3 aromatic rings. The van der Waals surface area contributed by atoms with Gasteiger partial charge >= 0.3 is 12.1 Å². The smallest absolute Gasteiger partial charge is 0.416 e. The SMILES string of the molecule is CCCC(Sc1cc(C)c(-c2ccc(C(F)(F)F)cc2)c(C)c1)c1ccc(C(=O)NCCC(=O)O)s1. The predicted molar refractivity (Wildman–Crippen MR) is 139 cm³/mol. The molecule has 0 aliphatic carbocycles. The van der Waals surface area contributed by atoms with E-state index in [2.05, 4.69) is 24.4 Å². The lowest BCUT2D eigenvalue weighted by Gasteiger charge is -2.18. The van der Waals surface area contributed by atoms with Crippen LogP contribution in [0.1, 0.15) is 62.7 Å². The molecule has 0 aliphatic heterocycles. The fourth-order valence-corrected chi connectivity index (χ4v) is 6.57. The van der Waals surface area contributed by atoms with Crippen molar-refractivity contribution in [2.45, 2.75) is 56.4 Å². The molecule has 2 N–H and O–H groups in total. The minimum Gasteiger partial charge on any atom is -0.481 e. The number of carbonyl (C=O) groups excluding carboxylic acids is 1. The topological polar surface area (TPSA) is 66.4 Å². The molecule has 1 atom stereocenters. The van der Waals surface area contributed by atoms with Crippen molar-refractivity contribution in [1.82, 2.24) is 5.32 Å². The summed E-state index contributed by atoms with van der Waals surface area (Å²) in [4.78, 5) is 25.7. The average Bonchev–Trinajstić information content (AvgIpc) is 3.28. The van der Waals surface area contributed by atoms with Gasteiger partial charge in [-0.3, -0.25) is 9.59 Å². The van der Waals surface area contributed by atoms with Gasteiger partial charge in [0.1, 0.15) is 0 Å². The summed E-state index contributed by atoms with van der Waals surface area (Å²) >= 11 is 3.11. The van der Waals surface area contributed by atoms with Crippen LogP contribution in [0.4, 0.5) is 13.2 Å². The zero-order valence-electron chi connectivity index (χ0n) is 20.2. The second-order valence-electron chi connectivity index (χ2n) is 8.50. The van der Waals surface area contributed by atoms with E-state index in [0.29, 0.717) is 4.88 Å². The molecule has 36 heavy (non-hydrogen) atoms. The second-order valence-corrected chi connectivity index (χ2v) is 10.9. The maximum atomic E-state index is 12.9. The molecule has 1 amide bonds. The second kappa shape index (κ2) is 12.0. The molecule has 0 aliphatic rings. The fourth-order valence-electron chi connectivity index (χ4n) is 3.98. The largest absolute Gasteiger partial charge is 0.481 e. The highest BCUT2D eigenvalue weighted by Gasteiger charge is 2.30. The van der Waals surface area contributed by atoms with E-state index in [1.165, 1.54) is 23.5 Å². The fraction of sp³-hybridized carbons (Fsp3) is 0.333. The Morgan fingerprint density at radius 1 is 1.06 bits per heavy atom. The molecule has 0 fully saturated rings. The van der Waals surface area contributed by atoms with Gasteiger partial charge in [-0.05, 0) is 78.9 Å². The summed E-state index contributed by atoms with van der Waals surface area (Å²) in [5.74, 6) is -1.24. The van der Waals surface area contributed by atoms with E-state index < -0.39 is 17.7 Å². The van der Waals surface area contributed by atoms with E-state index in [0.717, 1.165) is 57.0 Å². The number of nitrogens with one attached hydrogen (secondary N) is 1. The molecule has 0 saturated carbocycles. The number of carboxylic acids is 1. The standard InChI is InChI=1S/C27H28F3NO3S2/c1-4-5-21(22-10-11-23(36-22)26(34)31-13-12-24(32)33)35-20-14-16(2)25(17(3)15-20)18-6-8-19(9-7-18)27(28,29)30/h6-11,14-15,21H,4-5,12-13H2,1-3H3,(H,31,34)(H,32,33). The van der Waals surface area contributed by atoms with Crippen molar-refractivity contribution in [1.29, 1.82) is 0 Å². The lowest BCUT2D eigenvalue weighted by atomic mass is 9.95. The third kappa shape index (κ3) is 7.13. The zero-order valence-corrected chi connectivity index (χ0v) is 21.9. The van der Waals surface area contributed by atoms with E-state index >= 15 is 0 Å². The molecule has 192 valence electrons. The number of aliphatic carboxylic acids is 1.